The molecule has 0 aliphatic rings. The van der Waals surface area contributed by atoms with Crippen LogP contribution >= 0.6 is 0 Å². The number of hydrogen-bond donors (Lipinski definition) is 2. The van der Waals surface area contributed by atoms with Crippen molar-refractivity contribution >= 4 is 29.5 Å². The Morgan fingerprint density at radius 2 is 1.95 bits per heavy atom. The summed E-state index contributed by atoms with van der Waals surface area (Å²) in [5.74, 6) is -0.463. The van der Waals surface area contributed by atoms with Gasteiger partial charge in [-0.25, -0.2) is 4.79 Å². The molecule has 0 aliphatic carbocycles. The molecule has 2 aromatic rings. The summed E-state index contributed by atoms with van der Waals surface area (Å²) in [7, 11) is -1.59. The van der Waals surface area contributed by atoms with Crippen LogP contribution in [0, 0.1) is 0 Å². The van der Waals surface area contributed by atoms with Crippen molar-refractivity contribution in [3.05, 3.63) is 36.0 Å². The van der Waals surface area contributed by atoms with Crippen molar-refractivity contribution in [1.29, 1.82) is 0 Å². The number of esters is 1. The summed E-state index contributed by atoms with van der Waals surface area (Å²) in [6.07, 6.45) is 1.52. The van der Waals surface area contributed by atoms with Crippen LogP contribution < -0.4 is 5.46 Å². The molecule has 5 nitrogen and oxygen atoms in total. The largest absolute Gasteiger partial charge is 0.488 e. The molecule has 20 heavy (non-hydrogen) atoms. The van der Waals surface area contributed by atoms with Crippen LogP contribution in [0.25, 0.3) is 10.9 Å². The van der Waals surface area contributed by atoms with Gasteiger partial charge < -0.3 is 14.8 Å². The first-order valence-electron chi connectivity index (χ1n) is 6.26. The molecule has 0 fully saturated rings. The van der Waals surface area contributed by atoms with Crippen LogP contribution in [0.2, 0.25) is 0 Å². The number of carbonyl (C=O) groups excluding carboxylic acids is 1. The van der Waals surface area contributed by atoms with Crippen LogP contribution in [-0.2, 0) is 4.74 Å². The summed E-state index contributed by atoms with van der Waals surface area (Å²) in [5.41, 5.74) is 0.654. The quantitative estimate of drug-likeness (QED) is 0.627. The lowest BCUT2D eigenvalue weighted by Gasteiger charge is -2.20. The Kier molecular flexibility index (Phi) is 3.79. The first-order chi connectivity index (χ1) is 9.28. The maximum Gasteiger partial charge on any atom is 0.488 e. The molecular weight excluding hydrogens is 257 g/mol. The van der Waals surface area contributed by atoms with E-state index in [0.29, 0.717) is 21.9 Å². The van der Waals surface area contributed by atoms with Gasteiger partial charge in [-0.05, 0) is 38.4 Å². The van der Waals surface area contributed by atoms with E-state index in [-0.39, 0.29) is 0 Å². The van der Waals surface area contributed by atoms with Gasteiger partial charge >= 0.3 is 13.1 Å². The minimum atomic E-state index is -1.59. The Morgan fingerprint density at radius 1 is 1.25 bits per heavy atom. The topological polar surface area (TPSA) is 79.7 Å². The van der Waals surface area contributed by atoms with Crippen molar-refractivity contribution in [2.75, 3.05) is 0 Å². The second-order valence-corrected chi connectivity index (χ2v) is 5.51. The van der Waals surface area contributed by atoms with E-state index in [1.54, 1.807) is 39.0 Å². The third-order valence-corrected chi connectivity index (χ3v) is 2.68. The Balaban J connectivity index is 2.52. The van der Waals surface area contributed by atoms with Gasteiger partial charge in [0.15, 0.2) is 0 Å². The molecule has 1 aromatic carbocycles. The summed E-state index contributed by atoms with van der Waals surface area (Å²) >= 11 is 0. The molecule has 0 saturated carbocycles. The fourth-order valence-corrected chi connectivity index (χ4v) is 1.84. The molecule has 0 atom stereocenters. The number of hydrogen-bond acceptors (Lipinski definition) is 5. The van der Waals surface area contributed by atoms with E-state index >= 15 is 0 Å². The van der Waals surface area contributed by atoms with Crippen LogP contribution in [0.3, 0.4) is 0 Å². The van der Waals surface area contributed by atoms with E-state index in [1.165, 1.54) is 12.3 Å². The Morgan fingerprint density at radius 3 is 2.55 bits per heavy atom. The second-order valence-electron chi connectivity index (χ2n) is 5.51. The summed E-state index contributed by atoms with van der Waals surface area (Å²) in [5, 5.41) is 19.0. The normalized spacial score (nSPS) is 11.4. The van der Waals surface area contributed by atoms with Gasteiger partial charge in [0.05, 0.1) is 11.1 Å². The highest BCUT2D eigenvalue weighted by Crippen LogP contribution is 2.19. The third kappa shape index (κ3) is 3.15. The Hall–Kier alpha value is -1.92. The molecule has 6 heteroatoms. The zero-order chi connectivity index (χ0) is 14.9. The standard InChI is InChI=1S/C14H16BNO4/c1-14(2,3)20-13(17)10-6-7-16-12-5-4-9(15(18)19)8-11(10)12/h4-8,18-19H,1-3H3. The number of aromatic nitrogens is 1. The molecule has 0 amide bonds. The number of ether oxygens (including phenoxy) is 1. The van der Waals surface area contributed by atoms with Crippen LogP contribution in [-0.4, -0.2) is 33.7 Å². The molecular formula is C14H16BNO4. The molecule has 104 valence electrons. The van der Waals surface area contributed by atoms with Gasteiger partial charge in [0.2, 0.25) is 0 Å². The number of benzene rings is 1. The van der Waals surface area contributed by atoms with Crippen molar-refractivity contribution in [3.63, 3.8) is 0 Å². The Bertz CT molecular complexity index is 649. The Labute approximate surface area is 117 Å². The molecule has 0 unspecified atom stereocenters. The van der Waals surface area contributed by atoms with Gasteiger partial charge in [-0.1, -0.05) is 12.1 Å². The lowest BCUT2D eigenvalue weighted by Crippen LogP contribution is -2.30. The van der Waals surface area contributed by atoms with Gasteiger partial charge in [-0.15, -0.1) is 0 Å². The fourth-order valence-electron chi connectivity index (χ4n) is 1.84. The molecule has 0 aliphatic heterocycles. The van der Waals surface area contributed by atoms with Crippen molar-refractivity contribution in [1.82, 2.24) is 4.98 Å². The number of carbonyl (C=O) groups is 1. The lowest BCUT2D eigenvalue weighted by molar-refractivity contribution is 0.00717. The first-order valence-corrected chi connectivity index (χ1v) is 6.26. The van der Waals surface area contributed by atoms with Gasteiger partial charge in [-0.3, -0.25) is 4.98 Å². The minimum absolute atomic E-state index is 0.301. The van der Waals surface area contributed by atoms with Crippen LogP contribution in [0.4, 0.5) is 0 Å². The number of rotatable bonds is 2. The maximum atomic E-state index is 12.2. The predicted molar refractivity (Wildman–Crippen MR) is 76.7 cm³/mol. The zero-order valence-corrected chi connectivity index (χ0v) is 11.6. The fraction of sp³-hybridized carbons (Fsp3) is 0.286. The monoisotopic (exact) mass is 273 g/mol. The number of nitrogens with zero attached hydrogens (tertiary/aromatic N) is 1. The molecule has 0 saturated heterocycles. The van der Waals surface area contributed by atoms with Gasteiger partial charge in [0.1, 0.15) is 5.60 Å². The van der Waals surface area contributed by atoms with Crippen molar-refractivity contribution in [2.24, 2.45) is 0 Å². The van der Waals surface area contributed by atoms with E-state index in [4.69, 9.17) is 4.74 Å². The summed E-state index contributed by atoms with van der Waals surface area (Å²) in [4.78, 5) is 16.3. The summed E-state index contributed by atoms with van der Waals surface area (Å²) < 4.78 is 5.34. The second kappa shape index (κ2) is 5.23. The van der Waals surface area contributed by atoms with E-state index < -0.39 is 18.7 Å². The molecule has 2 N–H and O–H groups in total. The van der Waals surface area contributed by atoms with Crippen LogP contribution in [0.5, 0.6) is 0 Å². The molecule has 1 heterocycles. The molecule has 0 spiro atoms. The van der Waals surface area contributed by atoms with E-state index in [1.807, 2.05) is 0 Å². The van der Waals surface area contributed by atoms with Crippen LogP contribution in [0.15, 0.2) is 30.5 Å². The minimum Gasteiger partial charge on any atom is -0.456 e. The molecule has 1 aromatic heterocycles. The number of pyridine rings is 1. The van der Waals surface area contributed by atoms with Gasteiger partial charge in [0.25, 0.3) is 0 Å². The smallest absolute Gasteiger partial charge is 0.456 e. The summed E-state index contributed by atoms with van der Waals surface area (Å²) in [6.45, 7) is 5.37. The first kappa shape index (κ1) is 14.5. The van der Waals surface area contributed by atoms with Crippen molar-refractivity contribution in [2.45, 2.75) is 26.4 Å². The van der Waals surface area contributed by atoms with E-state index in [0.717, 1.165) is 0 Å². The zero-order valence-electron chi connectivity index (χ0n) is 11.6. The predicted octanol–water partition coefficient (Wildman–Crippen LogP) is 0.870. The summed E-state index contributed by atoms with van der Waals surface area (Å²) in [6, 6.07) is 6.28. The van der Waals surface area contributed by atoms with E-state index in [9.17, 15) is 14.8 Å². The molecule has 2 rings (SSSR count). The molecule has 0 bridgehead atoms. The highest BCUT2D eigenvalue weighted by Gasteiger charge is 2.21. The van der Waals surface area contributed by atoms with Gasteiger partial charge in [0, 0.05) is 11.6 Å². The number of fused-ring (bicyclic) bond motifs is 1. The third-order valence-electron chi connectivity index (χ3n) is 2.68. The highest BCUT2D eigenvalue weighted by molar-refractivity contribution is 6.59. The highest BCUT2D eigenvalue weighted by atomic mass is 16.6. The van der Waals surface area contributed by atoms with Crippen LogP contribution in [0.1, 0.15) is 31.1 Å². The van der Waals surface area contributed by atoms with Crippen molar-refractivity contribution < 1.29 is 19.6 Å². The SMILES string of the molecule is CC(C)(C)OC(=O)c1ccnc2ccc(B(O)O)cc12. The van der Waals surface area contributed by atoms with Crippen molar-refractivity contribution in [3.8, 4) is 0 Å². The lowest BCUT2D eigenvalue weighted by atomic mass is 9.79. The van der Waals surface area contributed by atoms with E-state index in [2.05, 4.69) is 4.98 Å². The maximum absolute atomic E-state index is 12.2. The van der Waals surface area contributed by atoms with Gasteiger partial charge in [-0.2, -0.15) is 0 Å². The average molecular weight is 273 g/mol. The molecule has 0 radical (unpaired) electrons. The average Bonchev–Trinajstić information content (AvgIpc) is 2.35.